The Bertz CT molecular complexity index is 436. The number of carbonyl (C=O) groups is 1. The van der Waals surface area contributed by atoms with E-state index in [9.17, 15) is 4.79 Å². The van der Waals surface area contributed by atoms with Gasteiger partial charge in [-0.1, -0.05) is 24.3 Å². The largest absolute Gasteiger partial charge is 0.488 e. The number of hydrogen-bond donors (Lipinski definition) is 2. The molecule has 0 unspecified atom stereocenters. The van der Waals surface area contributed by atoms with Gasteiger partial charge in [0.25, 0.3) is 0 Å². The maximum absolute atomic E-state index is 11.3. The highest BCUT2D eigenvalue weighted by molar-refractivity contribution is 6.58. The molecule has 1 saturated carbocycles. The predicted molar refractivity (Wildman–Crippen MR) is 77.6 cm³/mol. The highest BCUT2D eigenvalue weighted by atomic mass is 16.5. The fourth-order valence-electron chi connectivity index (χ4n) is 2.96. The Hall–Kier alpha value is -1.33. The normalized spacial score (nSPS) is 22.4. The van der Waals surface area contributed by atoms with Gasteiger partial charge < -0.3 is 14.8 Å². The quantitative estimate of drug-likeness (QED) is 0.640. The van der Waals surface area contributed by atoms with Crippen LogP contribution in [-0.4, -0.2) is 30.2 Å². The topological polar surface area (TPSA) is 66.8 Å². The van der Waals surface area contributed by atoms with E-state index in [1.807, 2.05) is 12.1 Å². The molecule has 2 rings (SSSR count). The van der Waals surface area contributed by atoms with Crippen LogP contribution in [0.25, 0.3) is 0 Å². The van der Waals surface area contributed by atoms with Crippen molar-refractivity contribution in [2.45, 2.75) is 38.0 Å². The molecule has 0 bridgehead atoms. The van der Waals surface area contributed by atoms with E-state index in [0.29, 0.717) is 23.7 Å². The van der Waals surface area contributed by atoms with E-state index in [0.717, 1.165) is 25.7 Å². The van der Waals surface area contributed by atoms with Crippen molar-refractivity contribution in [3.05, 3.63) is 29.8 Å². The van der Waals surface area contributed by atoms with Gasteiger partial charge in [-0.25, -0.2) is 0 Å². The predicted octanol–water partition coefficient (Wildman–Crippen LogP) is 1.20. The van der Waals surface area contributed by atoms with Crippen molar-refractivity contribution in [2.24, 2.45) is 5.92 Å². The van der Waals surface area contributed by atoms with E-state index in [2.05, 4.69) is 0 Å². The Morgan fingerprint density at radius 1 is 1.20 bits per heavy atom. The van der Waals surface area contributed by atoms with Gasteiger partial charge in [-0.15, -0.1) is 0 Å². The van der Waals surface area contributed by atoms with Crippen LogP contribution in [0.4, 0.5) is 0 Å². The lowest BCUT2D eigenvalue weighted by Gasteiger charge is -2.28. The molecule has 5 heteroatoms. The molecule has 1 aliphatic rings. The zero-order chi connectivity index (χ0) is 14.5. The first-order valence-electron chi connectivity index (χ1n) is 7.13. The standard InChI is InChI=1S/C15H21BO4/c1-20-15(17)10-11-2-4-12(5-3-11)13-6-8-14(9-7-13)16(18)19/h6-9,11-12,18-19H,2-5,10H2,1H3. The van der Waals surface area contributed by atoms with E-state index < -0.39 is 7.12 Å². The van der Waals surface area contributed by atoms with Gasteiger partial charge in [0.1, 0.15) is 0 Å². The molecule has 0 saturated heterocycles. The first-order chi connectivity index (χ1) is 9.60. The van der Waals surface area contributed by atoms with Gasteiger partial charge >= 0.3 is 13.1 Å². The molecule has 0 atom stereocenters. The summed E-state index contributed by atoms with van der Waals surface area (Å²) in [6.07, 6.45) is 4.76. The van der Waals surface area contributed by atoms with Crippen LogP contribution in [-0.2, 0) is 9.53 Å². The molecule has 108 valence electrons. The van der Waals surface area contributed by atoms with E-state index in [4.69, 9.17) is 14.8 Å². The number of methoxy groups -OCH3 is 1. The van der Waals surface area contributed by atoms with Crippen LogP contribution < -0.4 is 5.46 Å². The number of carbonyl (C=O) groups excluding carboxylic acids is 1. The first kappa shape index (κ1) is 15.1. The molecule has 2 N–H and O–H groups in total. The Morgan fingerprint density at radius 3 is 2.30 bits per heavy atom. The fraction of sp³-hybridized carbons (Fsp3) is 0.533. The van der Waals surface area contributed by atoms with Crippen molar-refractivity contribution in [1.82, 2.24) is 0 Å². The Kier molecular flexibility index (Phi) is 5.20. The molecule has 20 heavy (non-hydrogen) atoms. The number of rotatable bonds is 4. The third-order valence-electron chi connectivity index (χ3n) is 4.24. The number of ether oxygens (including phenoxy) is 1. The summed E-state index contributed by atoms with van der Waals surface area (Å²) in [7, 11) is 0.0327. The van der Waals surface area contributed by atoms with Gasteiger partial charge in [0, 0.05) is 6.42 Å². The van der Waals surface area contributed by atoms with Crippen molar-refractivity contribution in [3.8, 4) is 0 Å². The molecule has 0 radical (unpaired) electrons. The Morgan fingerprint density at radius 2 is 1.80 bits per heavy atom. The Labute approximate surface area is 119 Å². The molecule has 0 heterocycles. The molecule has 4 nitrogen and oxygen atoms in total. The minimum Gasteiger partial charge on any atom is -0.469 e. The lowest BCUT2D eigenvalue weighted by Crippen LogP contribution is -2.29. The Balaban J connectivity index is 1.88. The summed E-state index contributed by atoms with van der Waals surface area (Å²) in [5, 5.41) is 18.2. The summed E-state index contributed by atoms with van der Waals surface area (Å²) in [5.41, 5.74) is 1.76. The third kappa shape index (κ3) is 3.84. The average Bonchev–Trinajstić information content (AvgIpc) is 2.48. The van der Waals surface area contributed by atoms with Crippen molar-refractivity contribution in [2.75, 3.05) is 7.11 Å². The highest BCUT2D eigenvalue weighted by Crippen LogP contribution is 2.36. The van der Waals surface area contributed by atoms with Crippen LogP contribution >= 0.6 is 0 Å². The van der Waals surface area contributed by atoms with Crippen molar-refractivity contribution < 1.29 is 19.6 Å². The van der Waals surface area contributed by atoms with E-state index >= 15 is 0 Å². The highest BCUT2D eigenvalue weighted by Gasteiger charge is 2.24. The minimum atomic E-state index is -1.40. The van der Waals surface area contributed by atoms with Crippen LogP contribution in [0.3, 0.4) is 0 Å². The average molecular weight is 276 g/mol. The monoisotopic (exact) mass is 276 g/mol. The van der Waals surface area contributed by atoms with Crippen LogP contribution in [0.1, 0.15) is 43.6 Å². The van der Waals surface area contributed by atoms with Crippen LogP contribution in [0.15, 0.2) is 24.3 Å². The van der Waals surface area contributed by atoms with Crippen LogP contribution in [0.2, 0.25) is 0 Å². The molecular weight excluding hydrogens is 255 g/mol. The minimum absolute atomic E-state index is 0.116. The molecule has 0 spiro atoms. The summed E-state index contributed by atoms with van der Waals surface area (Å²) in [6, 6.07) is 7.47. The van der Waals surface area contributed by atoms with E-state index in [1.54, 1.807) is 12.1 Å². The van der Waals surface area contributed by atoms with Gasteiger partial charge in [0.05, 0.1) is 7.11 Å². The molecule has 0 amide bonds. The van der Waals surface area contributed by atoms with Crippen molar-refractivity contribution in [1.29, 1.82) is 0 Å². The van der Waals surface area contributed by atoms with Gasteiger partial charge in [0.15, 0.2) is 0 Å². The number of esters is 1. The van der Waals surface area contributed by atoms with Gasteiger partial charge in [0.2, 0.25) is 0 Å². The van der Waals surface area contributed by atoms with Gasteiger partial charge in [-0.3, -0.25) is 4.79 Å². The molecular formula is C15H21BO4. The van der Waals surface area contributed by atoms with Crippen LogP contribution in [0, 0.1) is 5.92 Å². The lowest BCUT2D eigenvalue weighted by molar-refractivity contribution is -0.142. The zero-order valence-corrected chi connectivity index (χ0v) is 11.8. The first-order valence-corrected chi connectivity index (χ1v) is 7.13. The maximum Gasteiger partial charge on any atom is 0.488 e. The summed E-state index contributed by atoms with van der Waals surface area (Å²) in [4.78, 5) is 11.3. The second-order valence-corrected chi connectivity index (χ2v) is 5.54. The molecule has 0 aromatic heterocycles. The molecule has 1 aliphatic carbocycles. The van der Waals surface area contributed by atoms with Crippen molar-refractivity contribution >= 4 is 18.6 Å². The molecule has 1 aromatic rings. The third-order valence-corrected chi connectivity index (χ3v) is 4.24. The summed E-state index contributed by atoms with van der Waals surface area (Å²) < 4.78 is 4.71. The zero-order valence-electron chi connectivity index (χ0n) is 11.8. The maximum atomic E-state index is 11.3. The van der Waals surface area contributed by atoms with Gasteiger partial charge in [-0.2, -0.15) is 0 Å². The fourth-order valence-corrected chi connectivity index (χ4v) is 2.96. The SMILES string of the molecule is COC(=O)CC1CCC(c2ccc(B(O)O)cc2)CC1. The van der Waals surface area contributed by atoms with Crippen molar-refractivity contribution in [3.63, 3.8) is 0 Å². The summed E-state index contributed by atoms with van der Waals surface area (Å²) in [6.45, 7) is 0. The van der Waals surface area contributed by atoms with Gasteiger partial charge in [-0.05, 0) is 48.5 Å². The second-order valence-electron chi connectivity index (χ2n) is 5.54. The summed E-state index contributed by atoms with van der Waals surface area (Å²) >= 11 is 0. The molecule has 1 fully saturated rings. The molecule has 0 aliphatic heterocycles. The van der Waals surface area contributed by atoms with Crippen LogP contribution in [0.5, 0.6) is 0 Å². The smallest absolute Gasteiger partial charge is 0.469 e. The lowest BCUT2D eigenvalue weighted by atomic mass is 9.75. The number of hydrogen-bond acceptors (Lipinski definition) is 4. The second kappa shape index (κ2) is 6.91. The van der Waals surface area contributed by atoms with E-state index in [-0.39, 0.29) is 5.97 Å². The summed E-state index contributed by atoms with van der Waals surface area (Å²) in [5.74, 6) is 0.834. The van der Waals surface area contributed by atoms with E-state index in [1.165, 1.54) is 12.7 Å². The molecule has 1 aromatic carbocycles. The number of benzene rings is 1.